The van der Waals surface area contributed by atoms with Crippen LogP contribution in [0.2, 0.25) is 0 Å². The Kier molecular flexibility index (Phi) is 7.00. The maximum Gasteiger partial charge on any atom is 0.416 e. The van der Waals surface area contributed by atoms with Crippen LogP contribution in [0.15, 0.2) is 40.3 Å². The minimum absolute atomic E-state index is 0.162. The Morgan fingerprint density at radius 2 is 1.77 bits per heavy atom. The van der Waals surface area contributed by atoms with Crippen molar-refractivity contribution >= 4 is 23.1 Å². The third-order valence-corrected chi connectivity index (χ3v) is 7.06. The van der Waals surface area contributed by atoms with Gasteiger partial charge >= 0.3 is 11.9 Å². The zero-order valence-corrected chi connectivity index (χ0v) is 19.5. The van der Waals surface area contributed by atoms with E-state index in [1.165, 1.54) is 39.8 Å². The summed E-state index contributed by atoms with van der Waals surface area (Å²) >= 11 is 2.81. The first kappa shape index (κ1) is 23.6. The molecule has 3 aromatic rings. The lowest BCUT2D eigenvalue weighted by Gasteiger charge is -2.12. The summed E-state index contributed by atoms with van der Waals surface area (Å²) in [6, 6.07) is 5.12. The van der Waals surface area contributed by atoms with Crippen LogP contribution in [0.4, 0.5) is 13.2 Å². The summed E-state index contributed by atoms with van der Waals surface area (Å²) in [5, 5.41) is 10.5. The number of halogens is 3. The molecule has 0 N–H and O–H groups in total. The Morgan fingerprint density at radius 1 is 1.10 bits per heavy atom. The summed E-state index contributed by atoms with van der Waals surface area (Å²) in [6.45, 7) is 8.74. The van der Waals surface area contributed by atoms with Gasteiger partial charge in [-0.15, -0.1) is 22.0 Å². The van der Waals surface area contributed by atoms with E-state index in [9.17, 15) is 18.0 Å². The zero-order valence-electron chi connectivity index (χ0n) is 17.9. The summed E-state index contributed by atoms with van der Waals surface area (Å²) in [5.41, 5.74) is -0.255. The van der Waals surface area contributed by atoms with Crippen molar-refractivity contribution in [3.05, 3.63) is 57.1 Å². The number of imidazole rings is 1. The maximum absolute atomic E-state index is 13.0. The number of hydrogen-bond acceptors (Lipinski definition) is 5. The molecule has 168 valence electrons. The number of unbranched alkanes of at least 4 members (excludes halogenated alkanes) is 1. The first-order valence-corrected chi connectivity index (χ1v) is 11.8. The molecule has 0 spiro atoms. The Hall–Kier alpha value is -2.07. The second-order valence-electron chi connectivity index (χ2n) is 8.25. The molecular weight excluding hydrogens is 445 g/mol. The second kappa shape index (κ2) is 9.20. The SMILES string of the molecule is CCCCn1c(SCc2ccc(C(F)(F)F)cc2)cn(-c2nnc(C(C)(C)C)s2)c1=O. The van der Waals surface area contributed by atoms with Crippen molar-refractivity contribution in [1.29, 1.82) is 0 Å². The van der Waals surface area contributed by atoms with Gasteiger partial charge in [-0.2, -0.15) is 13.2 Å². The first-order chi connectivity index (χ1) is 14.5. The quantitative estimate of drug-likeness (QED) is 0.404. The maximum atomic E-state index is 13.0. The van der Waals surface area contributed by atoms with Crippen molar-refractivity contribution < 1.29 is 13.2 Å². The second-order valence-corrected chi connectivity index (χ2v) is 10.2. The summed E-state index contributed by atoms with van der Waals surface area (Å²) < 4.78 is 41.5. The molecule has 3 rings (SSSR count). The van der Waals surface area contributed by atoms with Crippen molar-refractivity contribution in [3.63, 3.8) is 0 Å². The fourth-order valence-electron chi connectivity index (χ4n) is 2.80. The molecule has 1 aromatic carbocycles. The molecule has 0 unspecified atom stereocenters. The number of benzene rings is 1. The normalized spacial score (nSPS) is 12.5. The van der Waals surface area contributed by atoms with E-state index in [-0.39, 0.29) is 11.1 Å². The van der Waals surface area contributed by atoms with Crippen LogP contribution in [0.25, 0.3) is 5.13 Å². The summed E-state index contributed by atoms with van der Waals surface area (Å²) in [5.74, 6) is 0.455. The highest BCUT2D eigenvalue weighted by molar-refractivity contribution is 7.98. The van der Waals surface area contributed by atoms with Crippen molar-refractivity contribution in [3.8, 4) is 5.13 Å². The monoisotopic (exact) mass is 470 g/mol. The van der Waals surface area contributed by atoms with Crippen LogP contribution in [-0.4, -0.2) is 19.3 Å². The number of nitrogens with zero attached hydrogens (tertiary/aromatic N) is 4. The van der Waals surface area contributed by atoms with Crippen LogP contribution in [-0.2, 0) is 23.9 Å². The number of aromatic nitrogens is 4. The average Bonchev–Trinajstić information content (AvgIpc) is 3.29. The van der Waals surface area contributed by atoms with Gasteiger partial charge in [0, 0.05) is 23.9 Å². The van der Waals surface area contributed by atoms with Gasteiger partial charge in [-0.1, -0.05) is 57.6 Å². The van der Waals surface area contributed by atoms with Gasteiger partial charge in [-0.25, -0.2) is 9.36 Å². The van der Waals surface area contributed by atoms with E-state index in [2.05, 4.69) is 17.1 Å². The molecule has 0 aliphatic rings. The standard InChI is InChI=1S/C21H25F3N4OS2/c1-5-6-11-27-16(30-13-14-7-9-15(10-8-14)21(22,23)24)12-28(19(27)29)18-26-25-17(31-18)20(2,3)4/h7-10,12H,5-6,11,13H2,1-4H3. The first-order valence-electron chi connectivity index (χ1n) is 9.96. The van der Waals surface area contributed by atoms with E-state index in [1.54, 1.807) is 10.8 Å². The van der Waals surface area contributed by atoms with Gasteiger partial charge in [-0.05, 0) is 24.1 Å². The lowest BCUT2D eigenvalue weighted by Crippen LogP contribution is -2.23. The van der Waals surface area contributed by atoms with E-state index < -0.39 is 11.7 Å². The predicted octanol–water partition coefficient (Wildman–Crippen LogP) is 5.90. The smallest absolute Gasteiger partial charge is 0.286 e. The highest BCUT2D eigenvalue weighted by Gasteiger charge is 2.30. The minimum atomic E-state index is -4.35. The van der Waals surface area contributed by atoms with E-state index in [4.69, 9.17) is 0 Å². The fraction of sp³-hybridized carbons (Fsp3) is 0.476. The number of alkyl halides is 3. The van der Waals surface area contributed by atoms with Crippen molar-refractivity contribution in [2.45, 2.75) is 69.5 Å². The van der Waals surface area contributed by atoms with Gasteiger partial charge in [-0.3, -0.25) is 4.57 Å². The molecule has 0 aliphatic carbocycles. The van der Waals surface area contributed by atoms with Crippen molar-refractivity contribution in [1.82, 2.24) is 19.3 Å². The molecule has 2 heterocycles. The van der Waals surface area contributed by atoms with Crippen molar-refractivity contribution in [2.75, 3.05) is 0 Å². The lowest BCUT2D eigenvalue weighted by molar-refractivity contribution is -0.137. The molecule has 2 aromatic heterocycles. The van der Waals surface area contributed by atoms with E-state index in [0.29, 0.717) is 17.4 Å². The number of hydrogen-bond donors (Lipinski definition) is 0. The van der Waals surface area contributed by atoms with Crippen LogP contribution in [0, 0.1) is 0 Å². The number of thioether (sulfide) groups is 1. The van der Waals surface area contributed by atoms with Crippen LogP contribution < -0.4 is 5.69 Å². The van der Waals surface area contributed by atoms with Crippen LogP contribution in [0.5, 0.6) is 0 Å². The predicted molar refractivity (Wildman–Crippen MR) is 118 cm³/mol. The van der Waals surface area contributed by atoms with E-state index >= 15 is 0 Å². The molecule has 5 nitrogen and oxygen atoms in total. The summed E-state index contributed by atoms with van der Waals surface area (Å²) in [7, 11) is 0. The summed E-state index contributed by atoms with van der Waals surface area (Å²) in [4.78, 5) is 13.0. The van der Waals surface area contributed by atoms with Gasteiger partial charge in [0.25, 0.3) is 0 Å². The topological polar surface area (TPSA) is 52.7 Å². The van der Waals surface area contributed by atoms with Gasteiger partial charge in [0.05, 0.1) is 10.6 Å². The van der Waals surface area contributed by atoms with Crippen LogP contribution in [0.3, 0.4) is 0 Å². The molecule has 10 heteroatoms. The molecule has 0 radical (unpaired) electrons. The largest absolute Gasteiger partial charge is 0.416 e. The summed E-state index contributed by atoms with van der Waals surface area (Å²) in [6.07, 6.45) is -0.814. The van der Waals surface area contributed by atoms with E-state index in [1.807, 2.05) is 20.8 Å². The molecule has 31 heavy (non-hydrogen) atoms. The van der Waals surface area contributed by atoms with Crippen LogP contribution >= 0.6 is 23.1 Å². The zero-order chi connectivity index (χ0) is 22.8. The molecule has 0 bridgehead atoms. The van der Waals surface area contributed by atoms with Gasteiger partial charge < -0.3 is 0 Å². The third kappa shape index (κ3) is 5.60. The van der Waals surface area contributed by atoms with E-state index in [0.717, 1.165) is 40.6 Å². The van der Waals surface area contributed by atoms with Gasteiger partial charge in [0.1, 0.15) is 5.01 Å². The molecule has 0 aliphatic heterocycles. The number of rotatable bonds is 7. The minimum Gasteiger partial charge on any atom is -0.286 e. The molecule has 0 atom stereocenters. The van der Waals surface area contributed by atoms with Crippen LogP contribution in [0.1, 0.15) is 56.7 Å². The van der Waals surface area contributed by atoms with Gasteiger partial charge in [0.2, 0.25) is 5.13 Å². The highest BCUT2D eigenvalue weighted by atomic mass is 32.2. The molecule has 0 saturated heterocycles. The van der Waals surface area contributed by atoms with Gasteiger partial charge in [0.15, 0.2) is 0 Å². The average molecular weight is 471 g/mol. The lowest BCUT2D eigenvalue weighted by atomic mass is 9.98. The molecule has 0 fully saturated rings. The fourth-order valence-corrected chi connectivity index (χ4v) is 4.68. The van der Waals surface area contributed by atoms with Crippen molar-refractivity contribution in [2.24, 2.45) is 0 Å². The third-order valence-electron chi connectivity index (χ3n) is 4.61. The molecule has 0 amide bonds. The Labute approximate surface area is 187 Å². The highest BCUT2D eigenvalue weighted by Crippen LogP contribution is 2.31. The Morgan fingerprint density at radius 3 is 2.32 bits per heavy atom. The molecular formula is C21H25F3N4OS2. The molecule has 0 saturated carbocycles. The Balaban J connectivity index is 1.86. The Bertz CT molecular complexity index is 1080.